The third-order valence-electron chi connectivity index (χ3n) is 2.07. The van der Waals surface area contributed by atoms with Crippen LogP contribution in [0.15, 0.2) is 30.3 Å². The lowest BCUT2D eigenvalue weighted by Crippen LogP contribution is -1.91. The first kappa shape index (κ1) is 10.7. The summed E-state index contributed by atoms with van der Waals surface area (Å²) in [6.07, 6.45) is 0. The monoisotopic (exact) mass is 234 g/mol. The number of nitrogens with one attached hydrogen (secondary N) is 1. The molecule has 0 unspecified atom stereocenters. The van der Waals surface area contributed by atoms with Crippen molar-refractivity contribution in [3.63, 3.8) is 0 Å². The molecule has 0 fully saturated rings. The van der Waals surface area contributed by atoms with Crippen molar-refractivity contribution >= 4 is 11.8 Å². The van der Waals surface area contributed by atoms with Gasteiger partial charge in [0.1, 0.15) is 0 Å². The zero-order valence-electron chi connectivity index (χ0n) is 8.36. The molecule has 0 saturated heterocycles. The fourth-order valence-corrected chi connectivity index (χ4v) is 1.37. The number of H-pyrrole nitrogens is 1. The molecule has 0 aliphatic carbocycles. The number of hydrogen-bond donors (Lipinski definition) is 1. The molecule has 1 heterocycles. The minimum atomic E-state index is -0.806. The molecule has 86 valence electrons. The Kier molecular flexibility index (Phi) is 2.53. The lowest BCUT2D eigenvalue weighted by Gasteiger charge is -1.93. The average Bonchev–Trinajstić information content (AvgIpc) is 2.75. The van der Waals surface area contributed by atoms with Gasteiger partial charge in [-0.05, 0) is 9.85 Å². The highest BCUT2D eigenvalue weighted by Gasteiger charge is 2.27. The van der Waals surface area contributed by atoms with Crippen molar-refractivity contribution in [2.45, 2.75) is 0 Å². The fourth-order valence-electron chi connectivity index (χ4n) is 1.37. The minimum absolute atomic E-state index is 0.0395. The van der Waals surface area contributed by atoms with Crippen LogP contribution in [0.4, 0.5) is 11.8 Å². The molecule has 17 heavy (non-hydrogen) atoms. The number of rotatable bonds is 3. The maximum Gasteiger partial charge on any atom is 0.465 e. The van der Waals surface area contributed by atoms with Gasteiger partial charge in [-0.2, -0.15) is 4.98 Å². The van der Waals surface area contributed by atoms with Gasteiger partial charge in [-0.25, -0.2) is 0 Å². The summed E-state index contributed by atoms with van der Waals surface area (Å²) in [5, 5.41) is 21.3. The standard InChI is InChI=1S/C9H6N4O4/c14-12(15)8-7(6-4-2-1-3-5-6)10-9(11-8)13(16)17/h1-5H,(H,10,11). The zero-order valence-corrected chi connectivity index (χ0v) is 8.36. The molecular weight excluding hydrogens is 228 g/mol. The van der Waals surface area contributed by atoms with Crippen LogP contribution in [0.2, 0.25) is 0 Å². The van der Waals surface area contributed by atoms with Gasteiger partial charge < -0.3 is 20.2 Å². The van der Waals surface area contributed by atoms with Crippen LogP contribution in [0.1, 0.15) is 0 Å². The van der Waals surface area contributed by atoms with Crippen LogP contribution in [0, 0.1) is 20.2 Å². The van der Waals surface area contributed by atoms with Gasteiger partial charge in [0.25, 0.3) is 0 Å². The Morgan fingerprint density at radius 2 is 1.71 bits per heavy atom. The Morgan fingerprint density at radius 3 is 2.24 bits per heavy atom. The molecule has 0 amide bonds. The van der Waals surface area contributed by atoms with Crippen molar-refractivity contribution in [1.82, 2.24) is 9.97 Å². The predicted octanol–water partition coefficient (Wildman–Crippen LogP) is 1.89. The molecule has 1 aromatic heterocycles. The van der Waals surface area contributed by atoms with E-state index in [0.29, 0.717) is 5.56 Å². The first-order chi connectivity index (χ1) is 8.09. The number of nitrogens with zero attached hydrogens (tertiary/aromatic N) is 3. The van der Waals surface area contributed by atoms with E-state index in [0.717, 1.165) is 0 Å². The quantitative estimate of drug-likeness (QED) is 0.643. The second kappa shape index (κ2) is 4.00. The van der Waals surface area contributed by atoms with Gasteiger partial charge in [0.15, 0.2) is 0 Å². The average molecular weight is 234 g/mol. The number of nitro groups is 2. The lowest BCUT2D eigenvalue weighted by atomic mass is 10.1. The van der Waals surface area contributed by atoms with Crippen molar-refractivity contribution in [2.24, 2.45) is 0 Å². The van der Waals surface area contributed by atoms with Crippen LogP contribution < -0.4 is 0 Å². The number of aromatic nitrogens is 2. The first-order valence-electron chi connectivity index (χ1n) is 4.54. The van der Waals surface area contributed by atoms with E-state index in [-0.39, 0.29) is 5.69 Å². The lowest BCUT2D eigenvalue weighted by molar-refractivity contribution is -0.401. The summed E-state index contributed by atoms with van der Waals surface area (Å²) in [4.78, 5) is 25.4. The Morgan fingerprint density at radius 1 is 1.06 bits per heavy atom. The number of benzene rings is 1. The SMILES string of the molecule is O=[N+]([O-])c1nc(-c2ccccc2)c([N+](=O)[O-])[nH]1. The van der Waals surface area contributed by atoms with Crippen LogP contribution in [-0.4, -0.2) is 19.8 Å². The highest BCUT2D eigenvalue weighted by atomic mass is 16.6. The van der Waals surface area contributed by atoms with E-state index in [1.165, 1.54) is 0 Å². The summed E-state index contributed by atoms with van der Waals surface area (Å²) in [5.41, 5.74) is 0.408. The highest BCUT2D eigenvalue weighted by Crippen LogP contribution is 2.29. The van der Waals surface area contributed by atoms with Gasteiger partial charge >= 0.3 is 11.8 Å². The molecule has 8 nitrogen and oxygen atoms in total. The van der Waals surface area contributed by atoms with E-state index < -0.39 is 21.6 Å². The van der Waals surface area contributed by atoms with Crippen LogP contribution >= 0.6 is 0 Å². The zero-order chi connectivity index (χ0) is 12.4. The molecule has 8 heteroatoms. The maximum atomic E-state index is 10.7. The van der Waals surface area contributed by atoms with Crippen molar-refractivity contribution in [1.29, 1.82) is 0 Å². The maximum absolute atomic E-state index is 10.7. The normalized spacial score (nSPS) is 10.1. The topological polar surface area (TPSA) is 115 Å². The molecule has 0 aliphatic heterocycles. The van der Waals surface area contributed by atoms with Gasteiger partial charge in [-0.1, -0.05) is 35.3 Å². The van der Waals surface area contributed by atoms with Gasteiger partial charge in [0.05, 0.1) is 0 Å². The number of imidazole rings is 1. The van der Waals surface area contributed by atoms with E-state index in [9.17, 15) is 20.2 Å². The molecular formula is C9H6N4O4. The Bertz CT molecular complexity index is 578. The summed E-state index contributed by atoms with van der Waals surface area (Å²) in [6, 6.07) is 8.25. The molecule has 1 aromatic carbocycles. The third-order valence-corrected chi connectivity index (χ3v) is 2.07. The molecule has 2 rings (SSSR count). The van der Waals surface area contributed by atoms with Crippen LogP contribution in [0.5, 0.6) is 0 Å². The Hall–Kier alpha value is -2.77. The molecule has 0 saturated carbocycles. The number of aromatic amines is 1. The Labute approximate surface area is 94.2 Å². The molecule has 0 atom stereocenters. The van der Waals surface area contributed by atoms with Crippen molar-refractivity contribution in [3.05, 3.63) is 50.6 Å². The van der Waals surface area contributed by atoms with Crippen molar-refractivity contribution in [3.8, 4) is 11.3 Å². The largest absolute Gasteiger partial charge is 0.465 e. The summed E-state index contributed by atoms with van der Waals surface area (Å²) < 4.78 is 0. The van der Waals surface area contributed by atoms with Gasteiger partial charge in [-0.15, -0.1) is 0 Å². The van der Waals surface area contributed by atoms with E-state index in [1.54, 1.807) is 30.3 Å². The number of hydrogen-bond acceptors (Lipinski definition) is 5. The Balaban J connectivity index is 2.60. The molecule has 0 radical (unpaired) electrons. The fraction of sp³-hybridized carbons (Fsp3) is 0. The molecule has 0 spiro atoms. The predicted molar refractivity (Wildman–Crippen MR) is 57.3 cm³/mol. The summed E-state index contributed by atoms with van der Waals surface area (Å²) >= 11 is 0. The second-order valence-electron chi connectivity index (χ2n) is 3.14. The van der Waals surface area contributed by atoms with Gasteiger partial charge in [0.2, 0.25) is 5.69 Å². The molecule has 2 aromatic rings. The van der Waals surface area contributed by atoms with Crippen molar-refractivity contribution in [2.75, 3.05) is 0 Å². The van der Waals surface area contributed by atoms with Gasteiger partial charge in [-0.3, -0.25) is 0 Å². The third kappa shape index (κ3) is 1.95. The van der Waals surface area contributed by atoms with Crippen LogP contribution in [0.3, 0.4) is 0 Å². The van der Waals surface area contributed by atoms with E-state index in [1.807, 2.05) is 0 Å². The van der Waals surface area contributed by atoms with E-state index in [2.05, 4.69) is 9.97 Å². The minimum Gasteiger partial charge on any atom is -0.389 e. The van der Waals surface area contributed by atoms with Gasteiger partial charge in [0, 0.05) is 5.56 Å². The van der Waals surface area contributed by atoms with Crippen LogP contribution in [-0.2, 0) is 0 Å². The summed E-state index contributed by atoms with van der Waals surface area (Å²) in [7, 11) is 0. The molecule has 0 bridgehead atoms. The van der Waals surface area contributed by atoms with E-state index in [4.69, 9.17) is 0 Å². The first-order valence-corrected chi connectivity index (χ1v) is 4.54. The summed E-state index contributed by atoms with van der Waals surface area (Å²) in [5.74, 6) is -1.13. The highest BCUT2D eigenvalue weighted by molar-refractivity contribution is 5.68. The molecule has 0 aliphatic rings. The second-order valence-corrected chi connectivity index (χ2v) is 3.14. The smallest absolute Gasteiger partial charge is 0.389 e. The summed E-state index contributed by atoms with van der Waals surface area (Å²) in [6.45, 7) is 0. The van der Waals surface area contributed by atoms with Crippen molar-refractivity contribution < 1.29 is 9.85 Å². The van der Waals surface area contributed by atoms with E-state index >= 15 is 0 Å². The van der Waals surface area contributed by atoms with Crippen LogP contribution in [0.25, 0.3) is 11.3 Å². The molecule has 1 N–H and O–H groups in total.